The Balaban J connectivity index is 2.65. The van der Waals surface area contributed by atoms with Gasteiger partial charge in [-0.1, -0.05) is 60.2 Å². The molecule has 2 rings (SSSR count). The van der Waals surface area contributed by atoms with Gasteiger partial charge in [-0.3, -0.25) is 5.41 Å². The Morgan fingerprint density at radius 3 is 2.18 bits per heavy atom. The summed E-state index contributed by atoms with van der Waals surface area (Å²) >= 11 is 0.949. The number of nitrogens with zero attached hydrogens (tertiary/aromatic N) is 2. The number of benzene rings is 2. The molecule has 0 saturated carbocycles. The first-order chi connectivity index (χ1) is 20.4. The van der Waals surface area contributed by atoms with Crippen LogP contribution in [0.2, 0.25) is 16.6 Å². The van der Waals surface area contributed by atoms with Gasteiger partial charge in [-0.25, -0.2) is 14.2 Å². The molecule has 0 aliphatic rings. The van der Waals surface area contributed by atoms with Crippen molar-refractivity contribution in [3.63, 3.8) is 0 Å². The number of halogens is 1. The smallest absolute Gasteiger partial charge is 0.328 e. The number of esters is 1. The van der Waals surface area contributed by atoms with Crippen molar-refractivity contribution in [3.05, 3.63) is 52.8 Å². The van der Waals surface area contributed by atoms with Gasteiger partial charge in [0, 0.05) is 0 Å². The van der Waals surface area contributed by atoms with Gasteiger partial charge in [0.2, 0.25) is 5.90 Å². The van der Waals surface area contributed by atoms with Crippen molar-refractivity contribution in [2.75, 3.05) is 7.11 Å². The molecule has 0 fully saturated rings. The van der Waals surface area contributed by atoms with Gasteiger partial charge in [-0.2, -0.15) is 5.26 Å². The zero-order valence-electron chi connectivity index (χ0n) is 27.8. The quantitative estimate of drug-likeness (QED) is 0.0872. The molecular weight excluding hydrogens is 596 g/mol. The van der Waals surface area contributed by atoms with E-state index in [2.05, 4.69) is 46.5 Å². The van der Waals surface area contributed by atoms with Crippen LogP contribution in [0.3, 0.4) is 0 Å². The third kappa shape index (κ3) is 8.70. The van der Waals surface area contributed by atoms with Gasteiger partial charge in [0.25, 0.3) is 8.32 Å². The molecule has 240 valence electrons. The number of nitriles is 1. The van der Waals surface area contributed by atoms with Gasteiger partial charge in [0.1, 0.15) is 17.4 Å². The molecule has 0 aliphatic heterocycles. The normalized spacial score (nSPS) is 13.2. The Kier molecular flexibility index (Phi) is 12.8. The van der Waals surface area contributed by atoms with E-state index < -0.39 is 31.7 Å². The molecular formula is C33H47FN4O4SSi. The Hall–Kier alpha value is -3.20. The van der Waals surface area contributed by atoms with Gasteiger partial charge >= 0.3 is 5.97 Å². The van der Waals surface area contributed by atoms with Crippen molar-refractivity contribution in [1.82, 2.24) is 0 Å². The van der Waals surface area contributed by atoms with Gasteiger partial charge < -0.3 is 19.6 Å². The van der Waals surface area contributed by atoms with Crippen molar-refractivity contribution in [1.29, 1.82) is 10.7 Å². The Morgan fingerprint density at radius 2 is 1.70 bits per heavy atom. The number of ether oxygens (including phenoxy) is 2. The van der Waals surface area contributed by atoms with Crippen LogP contribution < -0.4 is 10.2 Å². The van der Waals surface area contributed by atoms with E-state index in [1.54, 1.807) is 39.0 Å². The summed E-state index contributed by atoms with van der Waals surface area (Å²) in [5.74, 6) is -1.28. The summed E-state index contributed by atoms with van der Waals surface area (Å²) in [6.45, 7) is 20.0. The molecule has 0 aliphatic carbocycles. The lowest BCUT2D eigenvalue weighted by Gasteiger charge is -2.42. The van der Waals surface area contributed by atoms with E-state index >= 15 is 4.39 Å². The maximum absolute atomic E-state index is 16.3. The summed E-state index contributed by atoms with van der Waals surface area (Å²) in [7, 11) is -1.13. The number of hydrogen-bond donors (Lipinski definition) is 2. The molecule has 8 nitrogen and oxygen atoms in total. The summed E-state index contributed by atoms with van der Waals surface area (Å²) in [5, 5.41) is 18.2. The van der Waals surface area contributed by atoms with E-state index in [-0.39, 0.29) is 49.3 Å². The summed E-state index contributed by atoms with van der Waals surface area (Å²) in [6.07, 6.45) is 0.652. The first-order valence-electron chi connectivity index (χ1n) is 14.8. The van der Waals surface area contributed by atoms with Crippen LogP contribution >= 0.6 is 11.8 Å². The summed E-state index contributed by atoms with van der Waals surface area (Å²) in [4.78, 5) is 17.5. The number of aryl methyl sites for hydroxylation is 1. The SMILES string of the molecule is CCc1cc(O[Si](C(C)C)(C(C)C)C(C)C)c(F)c(S/C(=N\c2ccc(C#N)c(C(N)C(=O)OC(C)(C)C)c2)C(=N)OC)c1. The van der Waals surface area contributed by atoms with Crippen LogP contribution in [0.25, 0.3) is 0 Å². The highest BCUT2D eigenvalue weighted by molar-refractivity contribution is 8.15. The van der Waals surface area contributed by atoms with Crippen molar-refractivity contribution in [2.24, 2.45) is 10.7 Å². The van der Waals surface area contributed by atoms with E-state index in [1.807, 2.05) is 13.0 Å². The lowest BCUT2D eigenvalue weighted by Crippen LogP contribution is -2.50. The topological polar surface area (TPSA) is 131 Å². The van der Waals surface area contributed by atoms with Crippen molar-refractivity contribution < 1.29 is 23.1 Å². The minimum absolute atomic E-state index is 0.0761. The molecule has 1 unspecified atom stereocenters. The zero-order chi connectivity index (χ0) is 33.6. The fourth-order valence-corrected chi connectivity index (χ4v) is 11.6. The summed E-state index contributed by atoms with van der Waals surface area (Å²) < 4.78 is 33.6. The number of aliphatic imine (C=N–C) groups is 1. The number of carbonyl (C=O) groups excluding carboxylic acids is 1. The summed E-state index contributed by atoms with van der Waals surface area (Å²) in [5.41, 5.74) is 7.79. The second kappa shape index (κ2) is 15.2. The standard InChI is InChI=1S/C33H47FN4O4SSi/c1-12-22-15-26(42-44(19(2)3,20(4)5)21(6)7)28(34)27(16-22)43-31(30(37)40-11)38-24-14-13-23(18-35)25(17-24)29(36)32(39)41-33(8,9)10/h13-17,19-21,29,37H,12,36H2,1-11H3/b37-30?,38-31-. The Morgan fingerprint density at radius 1 is 1.11 bits per heavy atom. The van der Waals surface area contributed by atoms with Crippen LogP contribution in [-0.4, -0.2) is 37.9 Å². The highest BCUT2D eigenvalue weighted by atomic mass is 32.2. The molecule has 0 spiro atoms. The molecule has 0 amide bonds. The van der Waals surface area contributed by atoms with Crippen LogP contribution in [-0.2, 0) is 20.7 Å². The van der Waals surface area contributed by atoms with E-state index in [4.69, 9.17) is 25.0 Å². The Labute approximate surface area is 267 Å². The highest BCUT2D eigenvalue weighted by Gasteiger charge is 2.47. The molecule has 11 heteroatoms. The van der Waals surface area contributed by atoms with Crippen molar-refractivity contribution >= 4 is 42.7 Å². The second-order valence-corrected chi connectivity index (χ2v) is 19.0. The van der Waals surface area contributed by atoms with Crippen LogP contribution in [0.1, 0.15) is 92.0 Å². The van der Waals surface area contributed by atoms with Crippen LogP contribution in [0.15, 0.2) is 40.2 Å². The fraction of sp³-hybridized carbons (Fsp3) is 0.515. The van der Waals surface area contributed by atoms with E-state index in [1.165, 1.54) is 19.2 Å². The average molecular weight is 643 g/mol. The molecule has 3 N–H and O–H groups in total. The fourth-order valence-electron chi connectivity index (χ4n) is 5.42. The maximum atomic E-state index is 16.3. The molecule has 2 aromatic rings. The zero-order valence-corrected chi connectivity index (χ0v) is 29.6. The monoisotopic (exact) mass is 642 g/mol. The van der Waals surface area contributed by atoms with E-state index in [0.29, 0.717) is 12.1 Å². The number of methoxy groups -OCH3 is 1. The summed E-state index contributed by atoms with van der Waals surface area (Å²) in [6, 6.07) is 8.88. The average Bonchev–Trinajstić information content (AvgIpc) is 2.94. The highest BCUT2D eigenvalue weighted by Crippen LogP contribution is 2.44. The second-order valence-electron chi connectivity index (χ2n) is 12.6. The van der Waals surface area contributed by atoms with Crippen LogP contribution in [0.4, 0.5) is 10.1 Å². The lowest BCUT2D eigenvalue weighted by atomic mass is 10.0. The predicted octanol–water partition coefficient (Wildman–Crippen LogP) is 8.60. The largest absolute Gasteiger partial charge is 0.541 e. The van der Waals surface area contributed by atoms with E-state index in [9.17, 15) is 10.1 Å². The van der Waals surface area contributed by atoms with Gasteiger partial charge in [-0.05, 0) is 85.3 Å². The minimum atomic E-state index is -2.46. The number of thioether (sulfide) groups is 1. The van der Waals surface area contributed by atoms with E-state index in [0.717, 1.165) is 17.3 Å². The minimum Gasteiger partial charge on any atom is -0.541 e. The molecule has 0 aromatic heterocycles. The number of hydrogen-bond acceptors (Lipinski definition) is 9. The van der Waals surface area contributed by atoms with Gasteiger partial charge in [0.15, 0.2) is 10.9 Å². The third-order valence-corrected chi connectivity index (χ3v) is 14.4. The molecule has 0 saturated heterocycles. The molecule has 2 aromatic carbocycles. The molecule has 1 atom stereocenters. The van der Waals surface area contributed by atoms with Crippen LogP contribution in [0.5, 0.6) is 5.75 Å². The van der Waals surface area contributed by atoms with Crippen LogP contribution in [0, 0.1) is 22.6 Å². The van der Waals surface area contributed by atoms with Crippen molar-refractivity contribution in [2.45, 2.75) is 109 Å². The lowest BCUT2D eigenvalue weighted by molar-refractivity contribution is -0.156. The first-order valence-corrected chi connectivity index (χ1v) is 17.8. The first kappa shape index (κ1) is 37.0. The molecule has 44 heavy (non-hydrogen) atoms. The van der Waals surface area contributed by atoms with Gasteiger partial charge in [-0.15, -0.1) is 0 Å². The predicted molar refractivity (Wildman–Crippen MR) is 179 cm³/mol. The van der Waals surface area contributed by atoms with Gasteiger partial charge in [0.05, 0.1) is 29.3 Å². The number of nitrogens with two attached hydrogens (primary N) is 1. The number of rotatable bonds is 10. The maximum Gasteiger partial charge on any atom is 0.328 e. The molecule has 0 bridgehead atoms. The Bertz CT molecular complexity index is 1410. The molecule has 0 heterocycles. The van der Waals surface area contributed by atoms with Crippen molar-refractivity contribution in [3.8, 4) is 11.8 Å². The number of carbonyl (C=O) groups is 1. The third-order valence-electron chi connectivity index (χ3n) is 7.45. The molecule has 0 radical (unpaired) electrons. The number of nitrogens with one attached hydrogen (secondary N) is 1.